The summed E-state index contributed by atoms with van der Waals surface area (Å²) in [4.78, 5) is 0. The normalized spacial score (nSPS) is 11.2. The van der Waals surface area contributed by atoms with Crippen LogP contribution in [0.25, 0.3) is 11.5 Å². The van der Waals surface area contributed by atoms with Gasteiger partial charge in [0.05, 0.1) is 5.56 Å². The number of benzene rings is 1. The smallest absolute Gasteiger partial charge is 0.314 e. The van der Waals surface area contributed by atoms with Gasteiger partial charge in [0.15, 0.2) is 11.6 Å². The van der Waals surface area contributed by atoms with E-state index >= 15 is 0 Å². The standard InChI is InChI=1S/C10H6F4N2O/c1-4-2-3-5(7(12)6(4)11)9-15-16-10(17-9)8(13)14/h2-3,8H,1H3. The van der Waals surface area contributed by atoms with Crippen LogP contribution >= 0.6 is 0 Å². The van der Waals surface area contributed by atoms with Crippen LogP contribution in [0.5, 0.6) is 0 Å². The van der Waals surface area contributed by atoms with Crippen LogP contribution < -0.4 is 0 Å². The number of hydrogen-bond donors (Lipinski definition) is 0. The fourth-order valence-electron chi connectivity index (χ4n) is 1.24. The zero-order chi connectivity index (χ0) is 12.6. The van der Waals surface area contributed by atoms with Crippen molar-refractivity contribution in [2.45, 2.75) is 13.3 Å². The van der Waals surface area contributed by atoms with Crippen LogP contribution in [0.1, 0.15) is 17.9 Å². The highest BCUT2D eigenvalue weighted by molar-refractivity contribution is 5.54. The second kappa shape index (κ2) is 4.15. The van der Waals surface area contributed by atoms with Crippen molar-refractivity contribution in [1.82, 2.24) is 10.2 Å². The molecule has 1 aromatic heterocycles. The van der Waals surface area contributed by atoms with E-state index in [1.807, 2.05) is 0 Å². The number of nitrogens with zero attached hydrogens (tertiary/aromatic N) is 2. The molecule has 0 aliphatic carbocycles. The molecule has 3 nitrogen and oxygen atoms in total. The summed E-state index contributed by atoms with van der Waals surface area (Å²) in [6.07, 6.45) is -2.95. The molecule has 0 amide bonds. The van der Waals surface area contributed by atoms with Gasteiger partial charge in [0, 0.05) is 0 Å². The van der Waals surface area contributed by atoms with Crippen LogP contribution in [0.15, 0.2) is 16.5 Å². The van der Waals surface area contributed by atoms with Gasteiger partial charge in [-0.05, 0) is 18.6 Å². The largest absolute Gasteiger partial charge is 0.415 e. The first-order valence-corrected chi connectivity index (χ1v) is 4.57. The first kappa shape index (κ1) is 11.6. The summed E-state index contributed by atoms with van der Waals surface area (Å²) in [5.74, 6) is -3.68. The van der Waals surface area contributed by atoms with Crippen LogP contribution in [-0.4, -0.2) is 10.2 Å². The molecule has 0 saturated carbocycles. The molecule has 2 aromatic rings. The predicted octanol–water partition coefficient (Wildman–Crippen LogP) is 3.26. The molecule has 0 N–H and O–H groups in total. The van der Waals surface area contributed by atoms with Gasteiger partial charge >= 0.3 is 6.43 Å². The Morgan fingerprint density at radius 2 is 1.82 bits per heavy atom. The second-order valence-corrected chi connectivity index (χ2v) is 3.30. The Kier molecular flexibility index (Phi) is 2.83. The second-order valence-electron chi connectivity index (χ2n) is 3.30. The van der Waals surface area contributed by atoms with Gasteiger partial charge in [-0.25, -0.2) is 8.78 Å². The molecule has 0 aliphatic heterocycles. The van der Waals surface area contributed by atoms with E-state index in [1.165, 1.54) is 19.1 Å². The maximum atomic E-state index is 13.5. The van der Waals surface area contributed by atoms with Gasteiger partial charge in [-0.2, -0.15) is 8.78 Å². The summed E-state index contributed by atoms with van der Waals surface area (Å²) >= 11 is 0. The zero-order valence-corrected chi connectivity index (χ0v) is 8.55. The van der Waals surface area contributed by atoms with Crippen molar-refractivity contribution in [1.29, 1.82) is 0 Å². The monoisotopic (exact) mass is 246 g/mol. The van der Waals surface area contributed by atoms with Crippen LogP contribution in [-0.2, 0) is 0 Å². The molecule has 0 bridgehead atoms. The molecule has 0 radical (unpaired) electrons. The van der Waals surface area contributed by atoms with Crippen molar-refractivity contribution in [3.05, 3.63) is 35.2 Å². The third-order valence-electron chi connectivity index (χ3n) is 2.13. The number of halogens is 4. The minimum absolute atomic E-state index is 0.0971. The van der Waals surface area contributed by atoms with E-state index in [2.05, 4.69) is 14.6 Å². The fourth-order valence-corrected chi connectivity index (χ4v) is 1.24. The third-order valence-corrected chi connectivity index (χ3v) is 2.13. The molecule has 0 atom stereocenters. The van der Waals surface area contributed by atoms with Crippen molar-refractivity contribution < 1.29 is 22.0 Å². The summed E-state index contributed by atoms with van der Waals surface area (Å²) in [7, 11) is 0. The van der Waals surface area contributed by atoms with Crippen molar-refractivity contribution >= 4 is 0 Å². The Morgan fingerprint density at radius 1 is 1.12 bits per heavy atom. The Morgan fingerprint density at radius 3 is 2.41 bits per heavy atom. The van der Waals surface area contributed by atoms with Gasteiger partial charge < -0.3 is 4.42 Å². The van der Waals surface area contributed by atoms with Gasteiger partial charge in [-0.1, -0.05) is 6.07 Å². The summed E-state index contributed by atoms with van der Waals surface area (Å²) < 4.78 is 55.6. The number of rotatable bonds is 2. The molecule has 1 aromatic carbocycles. The first-order valence-electron chi connectivity index (χ1n) is 4.57. The maximum absolute atomic E-state index is 13.5. The lowest BCUT2D eigenvalue weighted by atomic mass is 10.1. The SMILES string of the molecule is Cc1ccc(-c2nnc(C(F)F)o2)c(F)c1F. The van der Waals surface area contributed by atoms with Crippen LogP contribution in [0.4, 0.5) is 17.6 Å². The van der Waals surface area contributed by atoms with Crippen molar-refractivity contribution in [2.24, 2.45) is 0 Å². The first-order chi connectivity index (χ1) is 8.00. The van der Waals surface area contributed by atoms with Gasteiger partial charge in [-0.3, -0.25) is 0 Å². The average Bonchev–Trinajstić information content (AvgIpc) is 2.75. The molecular weight excluding hydrogens is 240 g/mol. The molecule has 0 unspecified atom stereocenters. The Bertz CT molecular complexity index is 553. The van der Waals surface area contributed by atoms with E-state index in [9.17, 15) is 17.6 Å². The van der Waals surface area contributed by atoms with Gasteiger partial charge in [-0.15, -0.1) is 10.2 Å². The quantitative estimate of drug-likeness (QED) is 0.763. The van der Waals surface area contributed by atoms with Crippen LogP contribution in [0.2, 0.25) is 0 Å². The highest BCUT2D eigenvalue weighted by Gasteiger charge is 2.21. The van der Waals surface area contributed by atoms with Gasteiger partial charge in [0.1, 0.15) is 0 Å². The number of aromatic nitrogens is 2. The summed E-state index contributed by atoms with van der Waals surface area (Å²) in [5.41, 5.74) is -0.243. The number of aryl methyl sites for hydroxylation is 1. The predicted molar refractivity (Wildman–Crippen MR) is 49.3 cm³/mol. The molecule has 0 aliphatic rings. The summed E-state index contributed by atoms with van der Waals surface area (Å²) in [6.45, 7) is 1.38. The fraction of sp³-hybridized carbons (Fsp3) is 0.200. The Balaban J connectivity index is 2.49. The van der Waals surface area contributed by atoms with Gasteiger partial charge in [0.25, 0.3) is 11.8 Å². The average molecular weight is 246 g/mol. The van der Waals surface area contributed by atoms with Gasteiger partial charge in [0.2, 0.25) is 0 Å². The molecule has 0 spiro atoms. The maximum Gasteiger partial charge on any atom is 0.314 e. The summed E-state index contributed by atoms with van der Waals surface area (Å²) in [6, 6.07) is 2.48. The third kappa shape index (κ3) is 2.00. The molecule has 7 heteroatoms. The lowest BCUT2D eigenvalue weighted by Gasteiger charge is -2.01. The number of alkyl halides is 2. The molecule has 17 heavy (non-hydrogen) atoms. The molecular formula is C10H6F4N2O. The minimum atomic E-state index is -2.95. The van der Waals surface area contributed by atoms with E-state index < -0.39 is 29.8 Å². The highest BCUT2D eigenvalue weighted by atomic mass is 19.3. The van der Waals surface area contributed by atoms with E-state index in [0.29, 0.717) is 0 Å². The minimum Gasteiger partial charge on any atom is -0.415 e. The zero-order valence-electron chi connectivity index (χ0n) is 8.55. The molecule has 0 fully saturated rings. The molecule has 90 valence electrons. The lowest BCUT2D eigenvalue weighted by Crippen LogP contribution is -1.93. The lowest BCUT2D eigenvalue weighted by molar-refractivity contribution is 0.116. The van der Waals surface area contributed by atoms with Crippen molar-refractivity contribution in [3.8, 4) is 11.5 Å². The van der Waals surface area contributed by atoms with E-state index in [1.54, 1.807) is 0 Å². The van der Waals surface area contributed by atoms with Crippen molar-refractivity contribution in [2.75, 3.05) is 0 Å². The summed E-state index contributed by atoms with van der Waals surface area (Å²) in [5, 5.41) is 6.27. The van der Waals surface area contributed by atoms with Crippen molar-refractivity contribution in [3.63, 3.8) is 0 Å². The topological polar surface area (TPSA) is 38.9 Å². The highest BCUT2D eigenvalue weighted by Crippen LogP contribution is 2.27. The Labute approximate surface area is 93.1 Å². The van der Waals surface area contributed by atoms with Crippen LogP contribution in [0.3, 0.4) is 0 Å². The number of hydrogen-bond acceptors (Lipinski definition) is 3. The van der Waals surface area contributed by atoms with E-state index in [4.69, 9.17) is 0 Å². The van der Waals surface area contributed by atoms with Crippen LogP contribution in [0, 0.1) is 18.6 Å². The molecule has 2 rings (SSSR count). The molecule has 0 saturated heterocycles. The molecule has 1 heterocycles. The van der Waals surface area contributed by atoms with E-state index in [0.717, 1.165) is 0 Å². The van der Waals surface area contributed by atoms with E-state index in [-0.39, 0.29) is 11.1 Å². The Hall–Kier alpha value is -1.92.